The van der Waals surface area contributed by atoms with Crippen molar-refractivity contribution in [1.82, 2.24) is 5.06 Å². The lowest BCUT2D eigenvalue weighted by molar-refractivity contribution is -0.117. The van der Waals surface area contributed by atoms with Crippen LogP contribution in [-0.4, -0.2) is 29.4 Å². The molecule has 3 nitrogen and oxygen atoms in total. The molecule has 0 unspecified atom stereocenters. The van der Waals surface area contributed by atoms with Gasteiger partial charge in [0, 0.05) is 11.0 Å². The molecular weight excluding hydrogens is 246 g/mol. The highest BCUT2D eigenvalue weighted by Gasteiger charge is 2.20. The standard InChI is InChI=1S/C10H12BrNO2/c11-9-3-1-8(2-4-9)5-12-6-10(13)7-14-12/h1-4,10,13H,5-7H2/t10-/m1/s1. The number of hydroxylamine groups is 2. The molecule has 0 aliphatic carbocycles. The summed E-state index contributed by atoms with van der Waals surface area (Å²) in [7, 11) is 0. The van der Waals surface area contributed by atoms with E-state index >= 15 is 0 Å². The number of aliphatic hydroxyl groups is 1. The number of rotatable bonds is 2. The monoisotopic (exact) mass is 257 g/mol. The Balaban J connectivity index is 1.94. The first-order chi connectivity index (χ1) is 6.74. The van der Waals surface area contributed by atoms with E-state index in [0.29, 0.717) is 13.2 Å². The molecule has 1 saturated heterocycles. The molecule has 1 heterocycles. The lowest BCUT2D eigenvalue weighted by atomic mass is 10.2. The molecule has 1 aromatic rings. The summed E-state index contributed by atoms with van der Waals surface area (Å²) >= 11 is 3.38. The predicted molar refractivity (Wildman–Crippen MR) is 56.5 cm³/mol. The molecule has 0 bridgehead atoms. The van der Waals surface area contributed by atoms with E-state index in [-0.39, 0.29) is 6.10 Å². The fourth-order valence-electron chi connectivity index (χ4n) is 1.44. The summed E-state index contributed by atoms with van der Waals surface area (Å²) in [5.74, 6) is 0. The minimum atomic E-state index is -0.342. The summed E-state index contributed by atoms with van der Waals surface area (Å²) in [6.07, 6.45) is -0.342. The van der Waals surface area contributed by atoms with E-state index in [1.54, 1.807) is 5.06 Å². The van der Waals surface area contributed by atoms with Crippen LogP contribution in [0.2, 0.25) is 0 Å². The molecule has 2 rings (SSSR count). The van der Waals surface area contributed by atoms with Crippen molar-refractivity contribution in [3.05, 3.63) is 34.3 Å². The van der Waals surface area contributed by atoms with Crippen molar-refractivity contribution in [2.45, 2.75) is 12.6 Å². The van der Waals surface area contributed by atoms with Crippen LogP contribution in [0.4, 0.5) is 0 Å². The van der Waals surface area contributed by atoms with Gasteiger partial charge in [-0.2, -0.15) is 5.06 Å². The normalized spacial score (nSPS) is 22.9. The van der Waals surface area contributed by atoms with Crippen LogP contribution in [0.25, 0.3) is 0 Å². The van der Waals surface area contributed by atoms with Gasteiger partial charge in [-0.15, -0.1) is 0 Å². The molecule has 1 N–H and O–H groups in total. The zero-order chi connectivity index (χ0) is 9.97. The smallest absolute Gasteiger partial charge is 0.0958 e. The quantitative estimate of drug-likeness (QED) is 0.873. The maximum absolute atomic E-state index is 9.25. The lowest BCUT2D eigenvalue weighted by Crippen LogP contribution is -2.20. The molecule has 1 fully saturated rings. The Labute approximate surface area is 91.4 Å². The van der Waals surface area contributed by atoms with Gasteiger partial charge in [-0.1, -0.05) is 28.1 Å². The van der Waals surface area contributed by atoms with Crippen molar-refractivity contribution in [3.8, 4) is 0 Å². The third-order valence-electron chi connectivity index (χ3n) is 2.14. The number of hydrogen-bond donors (Lipinski definition) is 1. The number of halogens is 1. The number of β-amino-alcohol motifs (C(OH)–C–C–N with tert-alkyl or cyclic N) is 1. The summed E-state index contributed by atoms with van der Waals surface area (Å²) in [5, 5.41) is 11.0. The molecule has 76 valence electrons. The van der Waals surface area contributed by atoms with Gasteiger partial charge in [0.1, 0.15) is 0 Å². The molecule has 0 amide bonds. The fourth-order valence-corrected chi connectivity index (χ4v) is 1.70. The highest BCUT2D eigenvalue weighted by molar-refractivity contribution is 9.10. The van der Waals surface area contributed by atoms with Crippen LogP contribution in [-0.2, 0) is 11.4 Å². The Morgan fingerprint density at radius 1 is 1.43 bits per heavy atom. The topological polar surface area (TPSA) is 32.7 Å². The number of hydrogen-bond acceptors (Lipinski definition) is 3. The van der Waals surface area contributed by atoms with Gasteiger partial charge in [0.25, 0.3) is 0 Å². The van der Waals surface area contributed by atoms with E-state index in [1.807, 2.05) is 24.3 Å². The van der Waals surface area contributed by atoms with Crippen LogP contribution in [0, 0.1) is 0 Å². The molecule has 1 aliphatic heterocycles. The summed E-state index contributed by atoms with van der Waals surface area (Å²) < 4.78 is 1.07. The number of aliphatic hydroxyl groups excluding tert-OH is 1. The van der Waals surface area contributed by atoms with Crippen LogP contribution in [0.15, 0.2) is 28.7 Å². The zero-order valence-corrected chi connectivity index (χ0v) is 9.27. The SMILES string of the molecule is O[C@H]1CON(Cc2ccc(Br)cc2)C1. The van der Waals surface area contributed by atoms with Crippen LogP contribution < -0.4 is 0 Å². The van der Waals surface area contributed by atoms with Crippen molar-refractivity contribution >= 4 is 15.9 Å². The highest BCUT2D eigenvalue weighted by Crippen LogP contribution is 2.14. The minimum Gasteiger partial charge on any atom is -0.389 e. The molecule has 0 spiro atoms. The third-order valence-corrected chi connectivity index (χ3v) is 2.66. The Bertz CT molecular complexity index is 301. The predicted octanol–water partition coefficient (Wildman–Crippen LogP) is 1.56. The van der Waals surface area contributed by atoms with Gasteiger partial charge in [0.15, 0.2) is 0 Å². The number of benzene rings is 1. The minimum absolute atomic E-state index is 0.342. The zero-order valence-electron chi connectivity index (χ0n) is 7.69. The Morgan fingerprint density at radius 2 is 2.14 bits per heavy atom. The Morgan fingerprint density at radius 3 is 2.71 bits per heavy atom. The molecule has 0 radical (unpaired) electrons. The van der Waals surface area contributed by atoms with E-state index in [0.717, 1.165) is 11.0 Å². The maximum atomic E-state index is 9.25. The summed E-state index contributed by atoms with van der Waals surface area (Å²) in [6, 6.07) is 8.08. The van der Waals surface area contributed by atoms with Gasteiger partial charge in [-0.05, 0) is 17.7 Å². The Kier molecular flexibility index (Phi) is 3.18. The van der Waals surface area contributed by atoms with Crippen LogP contribution in [0.1, 0.15) is 5.56 Å². The van der Waals surface area contributed by atoms with E-state index in [1.165, 1.54) is 5.56 Å². The van der Waals surface area contributed by atoms with E-state index in [4.69, 9.17) is 4.84 Å². The summed E-state index contributed by atoms with van der Waals surface area (Å²) in [6.45, 7) is 1.73. The second kappa shape index (κ2) is 4.40. The Hall–Kier alpha value is -0.420. The molecule has 1 aromatic carbocycles. The highest BCUT2D eigenvalue weighted by atomic mass is 79.9. The first-order valence-corrected chi connectivity index (χ1v) is 5.34. The second-order valence-corrected chi connectivity index (χ2v) is 4.31. The molecule has 4 heteroatoms. The van der Waals surface area contributed by atoms with Crippen LogP contribution >= 0.6 is 15.9 Å². The van der Waals surface area contributed by atoms with Crippen molar-refractivity contribution in [1.29, 1.82) is 0 Å². The van der Waals surface area contributed by atoms with Crippen molar-refractivity contribution in [2.75, 3.05) is 13.2 Å². The van der Waals surface area contributed by atoms with E-state index in [9.17, 15) is 5.11 Å². The van der Waals surface area contributed by atoms with Gasteiger partial charge in [-0.25, -0.2) is 0 Å². The van der Waals surface area contributed by atoms with Gasteiger partial charge < -0.3 is 5.11 Å². The molecule has 1 aliphatic rings. The van der Waals surface area contributed by atoms with Crippen LogP contribution in [0.3, 0.4) is 0 Å². The average Bonchev–Trinajstić information content (AvgIpc) is 2.56. The van der Waals surface area contributed by atoms with Gasteiger partial charge in [0.2, 0.25) is 0 Å². The van der Waals surface area contributed by atoms with Crippen LogP contribution in [0.5, 0.6) is 0 Å². The second-order valence-electron chi connectivity index (χ2n) is 3.40. The summed E-state index contributed by atoms with van der Waals surface area (Å²) in [5.41, 5.74) is 1.18. The third kappa shape index (κ3) is 2.54. The number of nitrogens with zero attached hydrogens (tertiary/aromatic N) is 1. The maximum Gasteiger partial charge on any atom is 0.0958 e. The van der Waals surface area contributed by atoms with E-state index in [2.05, 4.69) is 15.9 Å². The lowest BCUT2D eigenvalue weighted by Gasteiger charge is -2.13. The average molecular weight is 258 g/mol. The first-order valence-electron chi connectivity index (χ1n) is 4.54. The molecular formula is C10H12BrNO2. The van der Waals surface area contributed by atoms with Crippen molar-refractivity contribution in [2.24, 2.45) is 0 Å². The molecule has 0 saturated carbocycles. The largest absolute Gasteiger partial charge is 0.389 e. The van der Waals surface area contributed by atoms with Crippen molar-refractivity contribution < 1.29 is 9.94 Å². The first kappa shape index (κ1) is 10.1. The van der Waals surface area contributed by atoms with Crippen molar-refractivity contribution in [3.63, 3.8) is 0 Å². The molecule has 14 heavy (non-hydrogen) atoms. The summed E-state index contributed by atoms with van der Waals surface area (Å²) in [4.78, 5) is 5.27. The van der Waals surface area contributed by atoms with Gasteiger partial charge in [0.05, 0.1) is 19.3 Å². The van der Waals surface area contributed by atoms with Gasteiger partial charge >= 0.3 is 0 Å². The van der Waals surface area contributed by atoms with E-state index < -0.39 is 0 Å². The van der Waals surface area contributed by atoms with Gasteiger partial charge in [-0.3, -0.25) is 4.84 Å². The molecule has 1 atom stereocenters. The fraction of sp³-hybridized carbons (Fsp3) is 0.400. The molecule has 0 aromatic heterocycles.